The van der Waals surface area contributed by atoms with Crippen molar-refractivity contribution in [3.05, 3.63) is 95.6 Å². The zero-order valence-corrected chi connectivity index (χ0v) is 13.4. The smallest absolute Gasteiger partial charge is 0.263 e. The van der Waals surface area contributed by atoms with Gasteiger partial charge in [0.2, 0.25) is 0 Å². The summed E-state index contributed by atoms with van der Waals surface area (Å²) in [7, 11) is 0. The Bertz CT molecular complexity index is 830. The third kappa shape index (κ3) is 4.51. The molecular formula is C21H16F2NO. The maximum atomic E-state index is 12.5. The Balaban J connectivity index is 1.64. The fourth-order valence-electron chi connectivity index (χ4n) is 2.44. The summed E-state index contributed by atoms with van der Waals surface area (Å²) in [4.78, 5) is 5.33. The van der Waals surface area contributed by atoms with Gasteiger partial charge in [-0.2, -0.15) is 0 Å². The Morgan fingerprint density at radius 3 is 2.24 bits per heavy atom. The Kier molecular flexibility index (Phi) is 5.52. The predicted octanol–water partition coefficient (Wildman–Crippen LogP) is 5.72. The topological polar surface area (TPSA) is 21.6 Å². The molecule has 3 rings (SSSR count). The summed E-state index contributed by atoms with van der Waals surface area (Å²) >= 11 is 0. The highest BCUT2D eigenvalue weighted by Crippen LogP contribution is 2.24. The summed E-state index contributed by atoms with van der Waals surface area (Å²) in [5.74, 6) is 0. The molecule has 0 saturated carbocycles. The Morgan fingerprint density at radius 1 is 0.840 bits per heavy atom. The summed E-state index contributed by atoms with van der Waals surface area (Å²) in [6.07, 6.45) is 0.223. The Morgan fingerprint density at radius 2 is 1.52 bits per heavy atom. The van der Waals surface area contributed by atoms with Gasteiger partial charge in [0, 0.05) is 11.1 Å². The number of halogens is 2. The van der Waals surface area contributed by atoms with Gasteiger partial charge in [-0.1, -0.05) is 84.0 Å². The summed E-state index contributed by atoms with van der Waals surface area (Å²) in [6.45, 7) is 0.299. The van der Waals surface area contributed by atoms with E-state index in [0.29, 0.717) is 12.2 Å². The van der Waals surface area contributed by atoms with Gasteiger partial charge < -0.3 is 4.84 Å². The quantitative estimate of drug-likeness (QED) is 0.417. The summed E-state index contributed by atoms with van der Waals surface area (Å²) in [5.41, 5.74) is 3.76. The standard InChI is InChI=1S/C21H16F2NO/c22-21(23)18-12-10-16(11-13-18)14-24-25-15-19-8-4-5-9-20(19)17-6-2-1-3-7-17/h1-13,21H,15H2. The third-order valence-electron chi connectivity index (χ3n) is 3.72. The van der Waals surface area contributed by atoms with Gasteiger partial charge in [-0.15, -0.1) is 0 Å². The van der Waals surface area contributed by atoms with Gasteiger partial charge in [0.1, 0.15) is 12.8 Å². The first kappa shape index (κ1) is 16.8. The van der Waals surface area contributed by atoms with Crippen LogP contribution in [0.5, 0.6) is 0 Å². The summed E-state index contributed by atoms with van der Waals surface area (Å²) < 4.78 is 25.0. The second-order valence-corrected chi connectivity index (χ2v) is 5.42. The van der Waals surface area contributed by atoms with E-state index in [-0.39, 0.29) is 5.56 Å². The highest BCUT2D eigenvalue weighted by molar-refractivity contribution is 5.79. The zero-order valence-electron chi connectivity index (χ0n) is 13.4. The van der Waals surface area contributed by atoms with E-state index < -0.39 is 6.43 Å². The first-order valence-corrected chi connectivity index (χ1v) is 7.83. The van der Waals surface area contributed by atoms with Crippen molar-refractivity contribution in [3.63, 3.8) is 0 Å². The van der Waals surface area contributed by atoms with Crippen molar-refractivity contribution < 1.29 is 13.6 Å². The van der Waals surface area contributed by atoms with Gasteiger partial charge in [0.05, 0.1) is 0 Å². The average Bonchev–Trinajstić information content (AvgIpc) is 2.66. The van der Waals surface area contributed by atoms with Crippen LogP contribution in [0, 0.1) is 0 Å². The molecule has 1 radical (unpaired) electrons. The van der Waals surface area contributed by atoms with Crippen molar-refractivity contribution in [2.24, 2.45) is 5.16 Å². The minimum Gasteiger partial charge on any atom is -0.390 e. The van der Waals surface area contributed by atoms with E-state index in [4.69, 9.17) is 4.84 Å². The maximum absolute atomic E-state index is 12.5. The Hall–Kier alpha value is -3.01. The minimum absolute atomic E-state index is 0.0248. The van der Waals surface area contributed by atoms with Crippen LogP contribution < -0.4 is 0 Å². The van der Waals surface area contributed by atoms with Gasteiger partial charge in [-0.05, 0) is 16.7 Å². The SMILES string of the molecule is FC(F)c1ccc(/[C]=N/OCc2ccccc2-c2ccccc2)cc1. The van der Waals surface area contributed by atoms with E-state index >= 15 is 0 Å². The van der Waals surface area contributed by atoms with Crippen LogP contribution in [-0.2, 0) is 11.4 Å². The van der Waals surface area contributed by atoms with Crippen molar-refractivity contribution in [2.45, 2.75) is 13.0 Å². The molecule has 4 heteroatoms. The van der Waals surface area contributed by atoms with E-state index in [1.54, 1.807) is 0 Å². The number of nitrogens with zero attached hydrogens (tertiary/aromatic N) is 1. The van der Waals surface area contributed by atoms with E-state index in [2.05, 4.69) is 11.4 Å². The van der Waals surface area contributed by atoms with Gasteiger partial charge in [0.25, 0.3) is 6.43 Å². The number of alkyl halides is 2. The minimum atomic E-state index is -2.48. The van der Waals surface area contributed by atoms with Crippen LogP contribution in [0.15, 0.2) is 84.0 Å². The lowest BCUT2D eigenvalue weighted by molar-refractivity contribution is 0.132. The van der Waals surface area contributed by atoms with E-state index in [1.807, 2.05) is 54.6 Å². The van der Waals surface area contributed by atoms with Crippen LogP contribution in [-0.4, -0.2) is 6.21 Å². The van der Waals surface area contributed by atoms with Crippen molar-refractivity contribution in [2.75, 3.05) is 0 Å². The molecule has 0 bridgehead atoms. The lowest BCUT2D eigenvalue weighted by atomic mass is 10.0. The molecule has 0 aliphatic carbocycles. The van der Waals surface area contributed by atoms with Gasteiger partial charge in [-0.25, -0.2) is 8.78 Å². The van der Waals surface area contributed by atoms with E-state index in [0.717, 1.165) is 16.7 Å². The highest BCUT2D eigenvalue weighted by Gasteiger charge is 2.06. The van der Waals surface area contributed by atoms with Crippen LogP contribution in [0.2, 0.25) is 0 Å². The molecule has 0 fully saturated rings. The number of hydrogen-bond donors (Lipinski definition) is 0. The Labute approximate surface area is 145 Å². The molecule has 2 nitrogen and oxygen atoms in total. The first-order valence-electron chi connectivity index (χ1n) is 7.83. The average molecular weight is 336 g/mol. The largest absolute Gasteiger partial charge is 0.390 e. The molecule has 125 valence electrons. The van der Waals surface area contributed by atoms with Crippen molar-refractivity contribution in [1.82, 2.24) is 0 Å². The molecular weight excluding hydrogens is 320 g/mol. The molecule has 0 aliphatic rings. The van der Waals surface area contributed by atoms with Crippen molar-refractivity contribution >= 4 is 6.21 Å². The second-order valence-electron chi connectivity index (χ2n) is 5.42. The predicted molar refractivity (Wildman–Crippen MR) is 94.6 cm³/mol. The molecule has 3 aromatic carbocycles. The molecule has 0 saturated heterocycles. The molecule has 25 heavy (non-hydrogen) atoms. The maximum Gasteiger partial charge on any atom is 0.263 e. The lowest BCUT2D eigenvalue weighted by Crippen LogP contribution is -1.92. The third-order valence-corrected chi connectivity index (χ3v) is 3.72. The van der Waals surface area contributed by atoms with E-state index in [9.17, 15) is 8.78 Å². The monoisotopic (exact) mass is 336 g/mol. The number of rotatable bonds is 6. The highest BCUT2D eigenvalue weighted by atomic mass is 19.3. The molecule has 0 unspecified atom stereocenters. The van der Waals surface area contributed by atoms with Gasteiger partial charge in [-0.3, -0.25) is 0 Å². The van der Waals surface area contributed by atoms with Crippen LogP contribution in [0.25, 0.3) is 11.1 Å². The fourth-order valence-corrected chi connectivity index (χ4v) is 2.44. The van der Waals surface area contributed by atoms with Gasteiger partial charge in [0.15, 0.2) is 0 Å². The molecule has 0 heterocycles. The fraction of sp³-hybridized carbons (Fsp3) is 0.0952. The zero-order chi connectivity index (χ0) is 17.5. The molecule has 0 amide bonds. The van der Waals surface area contributed by atoms with Crippen LogP contribution in [0.3, 0.4) is 0 Å². The summed E-state index contributed by atoms with van der Waals surface area (Å²) in [5, 5.41) is 3.81. The van der Waals surface area contributed by atoms with Crippen molar-refractivity contribution in [3.8, 4) is 11.1 Å². The van der Waals surface area contributed by atoms with Gasteiger partial charge >= 0.3 is 0 Å². The van der Waals surface area contributed by atoms with Crippen LogP contribution in [0.4, 0.5) is 8.78 Å². The molecule has 3 aromatic rings. The molecule has 0 aliphatic heterocycles. The molecule has 0 spiro atoms. The second kappa shape index (κ2) is 8.20. The summed E-state index contributed by atoms with van der Waals surface area (Å²) in [6, 6.07) is 23.7. The van der Waals surface area contributed by atoms with Crippen molar-refractivity contribution in [1.29, 1.82) is 0 Å². The lowest BCUT2D eigenvalue weighted by Gasteiger charge is -2.08. The number of benzene rings is 3. The van der Waals surface area contributed by atoms with Crippen LogP contribution >= 0.6 is 0 Å². The van der Waals surface area contributed by atoms with Crippen LogP contribution in [0.1, 0.15) is 23.1 Å². The molecule has 0 atom stereocenters. The van der Waals surface area contributed by atoms with E-state index in [1.165, 1.54) is 24.3 Å². The molecule has 0 aromatic heterocycles. The number of hydrogen-bond acceptors (Lipinski definition) is 2. The molecule has 0 N–H and O–H groups in total. The normalized spacial score (nSPS) is 11.2. The first-order chi connectivity index (χ1) is 12.2.